The van der Waals surface area contributed by atoms with Crippen LogP contribution < -0.4 is 15.5 Å². The molecule has 2 heterocycles. The summed E-state index contributed by atoms with van der Waals surface area (Å²) in [5.74, 6) is 0.437. The molecule has 0 spiro atoms. The SMILES string of the molecule is CCNC(=NCC1CCN(C)CC1)NC1CCN(c2ccc(F)cc2F)C1.I. The maximum atomic E-state index is 14.0. The van der Waals surface area contributed by atoms with Crippen LogP contribution in [0.1, 0.15) is 26.2 Å². The van der Waals surface area contributed by atoms with Crippen molar-refractivity contribution in [1.82, 2.24) is 15.5 Å². The number of guanidine groups is 1. The number of nitrogens with one attached hydrogen (secondary N) is 2. The van der Waals surface area contributed by atoms with Gasteiger partial charge in [0.25, 0.3) is 0 Å². The van der Waals surface area contributed by atoms with Gasteiger partial charge in [-0.3, -0.25) is 4.99 Å². The molecule has 2 aliphatic heterocycles. The van der Waals surface area contributed by atoms with Crippen molar-refractivity contribution >= 4 is 35.6 Å². The van der Waals surface area contributed by atoms with E-state index in [-0.39, 0.29) is 30.0 Å². The Morgan fingerprint density at radius 2 is 1.93 bits per heavy atom. The lowest BCUT2D eigenvalue weighted by Gasteiger charge is -2.28. The Hall–Kier alpha value is -1.16. The summed E-state index contributed by atoms with van der Waals surface area (Å²) in [6, 6.07) is 3.98. The second-order valence-corrected chi connectivity index (χ2v) is 7.64. The third kappa shape index (κ3) is 6.43. The number of nitrogens with zero attached hydrogens (tertiary/aromatic N) is 3. The first-order valence-corrected chi connectivity index (χ1v) is 9.98. The second-order valence-electron chi connectivity index (χ2n) is 7.64. The molecule has 3 rings (SSSR count). The number of piperidine rings is 1. The van der Waals surface area contributed by atoms with Crippen LogP contribution in [0.3, 0.4) is 0 Å². The predicted molar refractivity (Wildman–Crippen MR) is 122 cm³/mol. The first-order valence-electron chi connectivity index (χ1n) is 9.98. The number of rotatable bonds is 5. The molecule has 1 aromatic rings. The molecule has 2 N–H and O–H groups in total. The summed E-state index contributed by atoms with van der Waals surface area (Å²) in [6.45, 7) is 7.42. The maximum Gasteiger partial charge on any atom is 0.191 e. The van der Waals surface area contributed by atoms with Crippen LogP contribution in [0, 0.1) is 17.6 Å². The first kappa shape index (κ1) is 23.1. The topological polar surface area (TPSA) is 42.9 Å². The van der Waals surface area contributed by atoms with E-state index >= 15 is 0 Å². The van der Waals surface area contributed by atoms with Crippen molar-refractivity contribution < 1.29 is 8.78 Å². The number of benzene rings is 1. The zero-order valence-electron chi connectivity index (χ0n) is 16.8. The minimum Gasteiger partial charge on any atom is -0.367 e. The van der Waals surface area contributed by atoms with Crippen LogP contribution in [0.25, 0.3) is 0 Å². The van der Waals surface area contributed by atoms with Crippen molar-refractivity contribution in [2.75, 3.05) is 51.2 Å². The van der Waals surface area contributed by atoms with Crippen molar-refractivity contribution in [3.05, 3.63) is 29.8 Å². The summed E-state index contributed by atoms with van der Waals surface area (Å²) in [7, 11) is 2.17. The highest BCUT2D eigenvalue weighted by molar-refractivity contribution is 14.0. The van der Waals surface area contributed by atoms with Crippen LogP contribution in [0.2, 0.25) is 0 Å². The molecule has 158 valence electrons. The summed E-state index contributed by atoms with van der Waals surface area (Å²) >= 11 is 0. The van der Waals surface area contributed by atoms with Crippen molar-refractivity contribution in [3.63, 3.8) is 0 Å². The molecular formula is C20H32F2IN5. The molecule has 1 unspecified atom stereocenters. The van der Waals surface area contributed by atoms with Gasteiger partial charge in [-0.2, -0.15) is 0 Å². The Kier molecular flexibility index (Phi) is 9.20. The largest absolute Gasteiger partial charge is 0.367 e. The maximum absolute atomic E-state index is 14.0. The highest BCUT2D eigenvalue weighted by Gasteiger charge is 2.25. The summed E-state index contributed by atoms with van der Waals surface area (Å²) in [6.07, 6.45) is 3.29. The number of halogens is 3. The van der Waals surface area contributed by atoms with E-state index in [0.717, 1.165) is 51.2 Å². The molecule has 0 amide bonds. The highest BCUT2D eigenvalue weighted by atomic mass is 127. The zero-order chi connectivity index (χ0) is 19.2. The van der Waals surface area contributed by atoms with Gasteiger partial charge in [0.15, 0.2) is 5.96 Å². The summed E-state index contributed by atoms with van der Waals surface area (Å²) in [5, 5.41) is 6.80. The predicted octanol–water partition coefficient (Wildman–Crippen LogP) is 3.06. The second kappa shape index (κ2) is 11.1. The first-order chi connectivity index (χ1) is 13.0. The van der Waals surface area contributed by atoms with Gasteiger partial charge in [-0.1, -0.05) is 0 Å². The Balaban J connectivity index is 0.00000280. The quantitative estimate of drug-likeness (QED) is 0.366. The van der Waals surface area contributed by atoms with Gasteiger partial charge in [-0.15, -0.1) is 24.0 Å². The number of likely N-dealkylation sites (tertiary alicyclic amines) is 1. The summed E-state index contributed by atoms with van der Waals surface area (Å²) in [5.41, 5.74) is 0.467. The lowest BCUT2D eigenvalue weighted by Crippen LogP contribution is -2.45. The van der Waals surface area contributed by atoms with E-state index in [1.165, 1.54) is 25.0 Å². The Bertz CT molecular complexity index is 649. The summed E-state index contributed by atoms with van der Waals surface area (Å²) in [4.78, 5) is 9.12. The molecule has 28 heavy (non-hydrogen) atoms. The van der Waals surface area contributed by atoms with Crippen molar-refractivity contribution in [1.29, 1.82) is 0 Å². The molecule has 0 bridgehead atoms. The minimum absolute atomic E-state index is 0. The average Bonchev–Trinajstić information content (AvgIpc) is 3.09. The van der Waals surface area contributed by atoms with Gasteiger partial charge in [0.1, 0.15) is 11.6 Å². The lowest BCUT2D eigenvalue weighted by molar-refractivity contribution is 0.223. The zero-order valence-corrected chi connectivity index (χ0v) is 19.1. The average molecular weight is 507 g/mol. The molecule has 0 aliphatic carbocycles. The third-order valence-electron chi connectivity index (χ3n) is 5.47. The van der Waals surface area contributed by atoms with Crippen molar-refractivity contribution in [3.8, 4) is 0 Å². The van der Waals surface area contributed by atoms with Crippen LogP contribution in [-0.4, -0.2) is 63.2 Å². The van der Waals surface area contributed by atoms with E-state index in [1.807, 2.05) is 4.90 Å². The Morgan fingerprint density at radius 3 is 2.61 bits per heavy atom. The molecule has 1 atom stereocenters. The van der Waals surface area contributed by atoms with Crippen LogP contribution in [0.4, 0.5) is 14.5 Å². The van der Waals surface area contributed by atoms with E-state index < -0.39 is 11.6 Å². The normalized spacial score (nSPS) is 21.5. The van der Waals surface area contributed by atoms with E-state index in [4.69, 9.17) is 4.99 Å². The molecule has 0 radical (unpaired) electrons. The van der Waals surface area contributed by atoms with Crippen LogP contribution in [0.5, 0.6) is 0 Å². The van der Waals surface area contributed by atoms with E-state index in [1.54, 1.807) is 0 Å². The molecule has 0 aromatic heterocycles. The fraction of sp³-hybridized carbons (Fsp3) is 0.650. The minimum atomic E-state index is -0.541. The van der Waals surface area contributed by atoms with Gasteiger partial charge < -0.3 is 20.4 Å². The van der Waals surface area contributed by atoms with Crippen LogP contribution in [-0.2, 0) is 0 Å². The van der Waals surface area contributed by atoms with E-state index in [0.29, 0.717) is 18.2 Å². The molecule has 5 nitrogen and oxygen atoms in total. The van der Waals surface area contributed by atoms with Gasteiger partial charge in [-0.25, -0.2) is 8.78 Å². The molecule has 1 aromatic carbocycles. The Labute approximate surface area is 184 Å². The lowest BCUT2D eigenvalue weighted by atomic mass is 9.97. The van der Waals surface area contributed by atoms with Crippen molar-refractivity contribution in [2.24, 2.45) is 10.9 Å². The standard InChI is InChI=1S/C20H31F2N5.HI/c1-3-23-20(24-13-15-6-9-26(2)10-7-15)25-17-8-11-27(14-17)19-5-4-16(21)12-18(19)22;/h4-5,12,15,17H,3,6-11,13-14H2,1-2H3,(H2,23,24,25);1H. The number of hydrogen-bond acceptors (Lipinski definition) is 3. The Morgan fingerprint density at radius 1 is 1.18 bits per heavy atom. The summed E-state index contributed by atoms with van der Waals surface area (Å²) < 4.78 is 27.2. The monoisotopic (exact) mass is 507 g/mol. The number of anilines is 1. The van der Waals surface area contributed by atoms with Gasteiger partial charge in [0.05, 0.1) is 5.69 Å². The fourth-order valence-corrected chi connectivity index (χ4v) is 3.81. The number of aliphatic imine (C=N–C) groups is 1. The van der Waals surface area contributed by atoms with E-state index in [9.17, 15) is 8.78 Å². The van der Waals surface area contributed by atoms with Crippen LogP contribution >= 0.6 is 24.0 Å². The molecule has 2 saturated heterocycles. The number of hydrogen-bond donors (Lipinski definition) is 2. The third-order valence-corrected chi connectivity index (χ3v) is 5.47. The van der Waals surface area contributed by atoms with Gasteiger partial charge >= 0.3 is 0 Å². The highest BCUT2D eigenvalue weighted by Crippen LogP contribution is 2.24. The molecule has 0 saturated carbocycles. The smallest absolute Gasteiger partial charge is 0.191 e. The van der Waals surface area contributed by atoms with Gasteiger partial charge in [0.2, 0.25) is 0 Å². The molecular weight excluding hydrogens is 475 g/mol. The van der Waals surface area contributed by atoms with Crippen molar-refractivity contribution in [2.45, 2.75) is 32.2 Å². The fourth-order valence-electron chi connectivity index (χ4n) is 3.81. The molecule has 8 heteroatoms. The van der Waals surface area contributed by atoms with Gasteiger partial charge in [0, 0.05) is 38.3 Å². The van der Waals surface area contributed by atoms with Crippen LogP contribution in [0.15, 0.2) is 23.2 Å². The van der Waals surface area contributed by atoms with E-state index in [2.05, 4.69) is 29.5 Å². The molecule has 2 aliphatic rings. The molecule has 2 fully saturated rings. The van der Waals surface area contributed by atoms with Gasteiger partial charge in [-0.05, 0) is 64.4 Å².